The fraction of sp³-hybridized carbons (Fsp3) is 0.833. The first-order chi connectivity index (χ1) is 6.50. The summed E-state index contributed by atoms with van der Waals surface area (Å²) in [6.07, 6.45) is 3.05. The van der Waals surface area contributed by atoms with Crippen LogP contribution in [0.5, 0.6) is 0 Å². The zero-order valence-electron chi connectivity index (χ0n) is 9.66. The van der Waals surface area contributed by atoms with E-state index in [2.05, 4.69) is 32.5 Å². The van der Waals surface area contributed by atoms with Gasteiger partial charge in [0.1, 0.15) is 0 Å². The van der Waals surface area contributed by atoms with Gasteiger partial charge in [0.15, 0.2) is 0 Å². The molecule has 1 aliphatic carbocycles. The Morgan fingerprint density at radius 3 is 2.57 bits per heavy atom. The molecule has 14 heavy (non-hydrogen) atoms. The quantitative estimate of drug-likeness (QED) is 0.699. The molecular weight excluding hydrogens is 174 g/mol. The Kier molecular flexibility index (Phi) is 4.14. The predicted octanol–water partition coefficient (Wildman–Crippen LogP) is 1.90. The highest BCUT2D eigenvalue weighted by molar-refractivity contribution is 5.00. The van der Waals surface area contributed by atoms with Gasteiger partial charge in [0.2, 0.25) is 0 Å². The van der Waals surface area contributed by atoms with Crippen molar-refractivity contribution < 1.29 is 5.11 Å². The second kappa shape index (κ2) is 4.94. The van der Waals surface area contributed by atoms with Crippen LogP contribution in [0.1, 0.15) is 26.2 Å². The lowest BCUT2D eigenvalue weighted by atomic mass is 9.76. The van der Waals surface area contributed by atoms with E-state index in [1.807, 2.05) is 0 Å². The molecule has 0 heterocycles. The van der Waals surface area contributed by atoms with Gasteiger partial charge in [-0.15, -0.1) is 0 Å². The molecule has 82 valence electrons. The minimum absolute atomic E-state index is 0.104. The zero-order chi connectivity index (χ0) is 10.7. The van der Waals surface area contributed by atoms with Gasteiger partial charge in [0.05, 0.1) is 6.10 Å². The van der Waals surface area contributed by atoms with Crippen LogP contribution in [0.3, 0.4) is 0 Å². The van der Waals surface area contributed by atoms with Crippen LogP contribution in [0.4, 0.5) is 0 Å². The molecule has 1 rings (SSSR count). The third kappa shape index (κ3) is 3.10. The average molecular weight is 197 g/mol. The summed E-state index contributed by atoms with van der Waals surface area (Å²) >= 11 is 0. The maximum atomic E-state index is 9.86. The lowest BCUT2D eigenvalue weighted by Gasteiger charge is -2.35. The lowest BCUT2D eigenvalue weighted by Crippen LogP contribution is -2.36. The van der Waals surface area contributed by atoms with Crippen molar-refractivity contribution in [1.82, 2.24) is 4.90 Å². The second-order valence-corrected chi connectivity index (χ2v) is 4.95. The standard InChI is InChI=1S/C12H23NO/c1-9(2)10-5-6-12(14)11(7-10)8-13(3)4/h10-12,14H,1,5-8H2,2-4H3. The highest BCUT2D eigenvalue weighted by atomic mass is 16.3. The number of nitrogens with zero attached hydrogens (tertiary/aromatic N) is 1. The smallest absolute Gasteiger partial charge is 0.0581 e. The van der Waals surface area contributed by atoms with E-state index in [9.17, 15) is 5.11 Å². The molecule has 0 saturated heterocycles. The van der Waals surface area contributed by atoms with Crippen molar-refractivity contribution in [2.24, 2.45) is 11.8 Å². The number of rotatable bonds is 3. The van der Waals surface area contributed by atoms with Gasteiger partial charge in [-0.05, 0) is 52.1 Å². The summed E-state index contributed by atoms with van der Waals surface area (Å²) in [5.74, 6) is 1.06. The van der Waals surface area contributed by atoms with Gasteiger partial charge >= 0.3 is 0 Å². The first-order valence-corrected chi connectivity index (χ1v) is 5.49. The van der Waals surface area contributed by atoms with Gasteiger partial charge in [-0.2, -0.15) is 0 Å². The van der Waals surface area contributed by atoms with Gasteiger partial charge in [0, 0.05) is 6.54 Å². The Hall–Kier alpha value is -0.340. The third-order valence-electron chi connectivity index (χ3n) is 3.24. The van der Waals surface area contributed by atoms with Crippen LogP contribution in [0.2, 0.25) is 0 Å². The van der Waals surface area contributed by atoms with Crippen molar-refractivity contribution in [3.8, 4) is 0 Å². The van der Waals surface area contributed by atoms with E-state index in [0.717, 1.165) is 25.8 Å². The number of allylic oxidation sites excluding steroid dienone is 1. The van der Waals surface area contributed by atoms with Crippen molar-refractivity contribution in [2.45, 2.75) is 32.3 Å². The fourth-order valence-corrected chi connectivity index (χ4v) is 2.36. The molecule has 1 saturated carbocycles. The van der Waals surface area contributed by atoms with Crippen molar-refractivity contribution in [1.29, 1.82) is 0 Å². The van der Waals surface area contributed by atoms with E-state index in [0.29, 0.717) is 11.8 Å². The summed E-state index contributed by atoms with van der Waals surface area (Å²) in [4.78, 5) is 2.16. The Morgan fingerprint density at radius 1 is 1.43 bits per heavy atom. The van der Waals surface area contributed by atoms with Crippen LogP contribution in [0.15, 0.2) is 12.2 Å². The molecule has 0 aromatic rings. The molecule has 0 aliphatic heterocycles. The monoisotopic (exact) mass is 197 g/mol. The summed E-state index contributed by atoms with van der Waals surface area (Å²) in [7, 11) is 4.13. The van der Waals surface area contributed by atoms with E-state index in [1.165, 1.54) is 5.57 Å². The fourth-order valence-electron chi connectivity index (χ4n) is 2.36. The van der Waals surface area contributed by atoms with Crippen LogP contribution < -0.4 is 0 Å². The van der Waals surface area contributed by atoms with Gasteiger partial charge in [-0.1, -0.05) is 12.2 Å². The number of aliphatic hydroxyl groups excluding tert-OH is 1. The lowest BCUT2D eigenvalue weighted by molar-refractivity contribution is 0.0416. The molecule has 1 aliphatic rings. The number of hydrogen-bond acceptors (Lipinski definition) is 2. The average Bonchev–Trinajstić information content (AvgIpc) is 2.07. The third-order valence-corrected chi connectivity index (χ3v) is 3.24. The van der Waals surface area contributed by atoms with Crippen molar-refractivity contribution in [3.05, 3.63) is 12.2 Å². The van der Waals surface area contributed by atoms with Gasteiger partial charge in [0.25, 0.3) is 0 Å². The SMILES string of the molecule is C=C(C)C1CCC(O)C(CN(C)C)C1. The molecule has 0 spiro atoms. The summed E-state index contributed by atoms with van der Waals surface area (Å²) < 4.78 is 0. The highest BCUT2D eigenvalue weighted by Gasteiger charge is 2.29. The summed E-state index contributed by atoms with van der Waals surface area (Å²) in [5, 5.41) is 9.86. The molecule has 2 nitrogen and oxygen atoms in total. The van der Waals surface area contributed by atoms with Crippen LogP contribution in [0, 0.1) is 11.8 Å². The zero-order valence-corrected chi connectivity index (χ0v) is 9.66. The first-order valence-electron chi connectivity index (χ1n) is 5.49. The van der Waals surface area contributed by atoms with Crippen molar-refractivity contribution in [2.75, 3.05) is 20.6 Å². The molecular formula is C12H23NO. The largest absolute Gasteiger partial charge is 0.393 e. The maximum Gasteiger partial charge on any atom is 0.0581 e. The Bertz CT molecular complexity index is 200. The summed E-state index contributed by atoms with van der Waals surface area (Å²) in [6, 6.07) is 0. The van der Waals surface area contributed by atoms with E-state index in [-0.39, 0.29) is 6.10 Å². The van der Waals surface area contributed by atoms with E-state index in [4.69, 9.17) is 0 Å². The predicted molar refractivity (Wildman–Crippen MR) is 60.2 cm³/mol. The van der Waals surface area contributed by atoms with Crippen molar-refractivity contribution in [3.63, 3.8) is 0 Å². The molecule has 0 radical (unpaired) electrons. The molecule has 1 fully saturated rings. The first kappa shape index (κ1) is 11.7. The molecule has 0 amide bonds. The van der Waals surface area contributed by atoms with Crippen LogP contribution >= 0.6 is 0 Å². The summed E-state index contributed by atoms with van der Waals surface area (Å²) in [6.45, 7) is 7.12. The number of aliphatic hydroxyl groups is 1. The molecule has 3 atom stereocenters. The van der Waals surface area contributed by atoms with Crippen LogP contribution in [-0.4, -0.2) is 36.8 Å². The molecule has 0 bridgehead atoms. The summed E-state index contributed by atoms with van der Waals surface area (Å²) in [5.41, 5.74) is 1.28. The van der Waals surface area contributed by atoms with E-state index in [1.54, 1.807) is 0 Å². The van der Waals surface area contributed by atoms with E-state index < -0.39 is 0 Å². The van der Waals surface area contributed by atoms with Crippen LogP contribution in [0.25, 0.3) is 0 Å². The van der Waals surface area contributed by atoms with Gasteiger partial charge in [-0.25, -0.2) is 0 Å². The molecule has 2 heteroatoms. The van der Waals surface area contributed by atoms with Gasteiger partial charge < -0.3 is 10.0 Å². The molecule has 0 aromatic heterocycles. The second-order valence-electron chi connectivity index (χ2n) is 4.95. The van der Waals surface area contributed by atoms with E-state index >= 15 is 0 Å². The minimum Gasteiger partial charge on any atom is -0.393 e. The van der Waals surface area contributed by atoms with Gasteiger partial charge in [-0.3, -0.25) is 0 Å². The Balaban J connectivity index is 2.50. The Morgan fingerprint density at radius 2 is 2.07 bits per heavy atom. The topological polar surface area (TPSA) is 23.5 Å². The maximum absolute atomic E-state index is 9.86. The normalized spacial score (nSPS) is 33.4. The number of hydrogen-bond donors (Lipinski definition) is 1. The minimum atomic E-state index is -0.104. The molecule has 3 unspecified atom stereocenters. The highest BCUT2D eigenvalue weighted by Crippen LogP contribution is 2.33. The van der Waals surface area contributed by atoms with Crippen LogP contribution in [-0.2, 0) is 0 Å². The van der Waals surface area contributed by atoms with Crippen molar-refractivity contribution >= 4 is 0 Å². The Labute approximate surface area is 87.6 Å². The molecule has 1 N–H and O–H groups in total. The molecule has 0 aromatic carbocycles.